The molecule has 4 aliphatic carbocycles. The number of rotatable bonds is 8. The maximum absolute atomic E-state index is 12.7. The van der Waals surface area contributed by atoms with Crippen molar-refractivity contribution >= 4 is 5.78 Å². The SMILES string of the molecule is CC(F)(F)C(=O)CCCOCOC1C2CC3CC(C2)CC1C3. The molecule has 4 bridgehead atoms. The molecule has 0 radical (unpaired) electrons. The van der Waals surface area contributed by atoms with Gasteiger partial charge < -0.3 is 9.47 Å². The predicted molar refractivity (Wildman–Crippen MR) is 77.6 cm³/mol. The second-order valence-corrected chi connectivity index (χ2v) is 7.50. The van der Waals surface area contributed by atoms with Crippen LogP contribution in [0.2, 0.25) is 0 Å². The van der Waals surface area contributed by atoms with Gasteiger partial charge in [-0.15, -0.1) is 0 Å². The summed E-state index contributed by atoms with van der Waals surface area (Å²) in [5, 5.41) is 0. The Balaban J connectivity index is 1.30. The molecule has 22 heavy (non-hydrogen) atoms. The number of Topliss-reactive ketones (excluding diaryl/α,β-unsaturated/α-hetero) is 1. The summed E-state index contributed by atoms with van der Waals surface area (Å²) in [6, 6.07) is 0. The average molecular weight is 316 g/mol. The number of carbonyl (C=O) groups is 1. The maximum atomic E-state index is 12.7. The first-order valence-electron chi connectivity index (χ1n) is 8.54. The van der Waals surface area contributed by atoms with Gasteiger partial charge in [-0.3, -0.25) is 4.79 Å². The minimum absolute atomic E-state index is 0.137. The second kappa shape index (κ2) is 6.52. The second-order valence-electron chi connectivity index (χ2n) is 7.50. The van der Waals surface area contributed by atoms with Gasteiger partial charge in [0.25, 0.3) is 0 Å². The van der Waals surface area contributed by atoms with Crippen LogP contribution in [0.15, 0.2) is 0 Å². The van der Waals surface area contributed by atoms with Gasteiger partial charge in [-0.25, -0.2) is 0 Å². The largest absolute Gasteiger partial charge is 0.355 e. The Morgan fingerprint density at radius 3 is 2.23 bits per heavy atom. The van der Waals surface area contributed by atoms with E-state index in [1.165, 1.54) is 32.1 Å². The van der Waals surface area contributed by atoms with Crippen molar-refractivity contribution in [2.75, 3.05) is 13.4 Å². The molecule has 0 N–H and O–H groups in total. The van der Waals surface area contributed by atoms with Crippen LogP contribution in [0.1, 0.15) is 51.9 Å². The molecule has 0 aliphatic heterocycles. The van der Waals surface area contributed by atoms with Crippen molar-refractivity contribution in [3.05, 3.63) is 0 Å². The van der Waals surface area contributed by atoms with E-state index in [0.717, 1.165) is 11.8 Å². The van der Waals surface area contributed by atoms with Gasteiger partial charge in [0.05, 0.1) is 6.10 Å². The molecule has 0 unspecified atom stereocenters. The molecule has 5 heteroatoms. The quantitative estimate of drug-likeness (QED) is 0.504. The summed E-state index contributed by atoms with van der Waals surface area (Å²) in [5.74, 6) is -1.01. The van der Waals surface area contributed by atoms with Crippen molar-refractivity contribution in [3.63, 3.8) is 0 Å². The lowest BCUT2D eigenvalue weighted by atomic mass is 9.55. The molecule has 3 nitrogen and oxygen atoms in total. The lowest BCUT2D eigenvalue weighted by Crippen LogP contribution is -2.49. The number of ketones is 1. The Kier molecular flexibility index (Phi) is 4.83. The summed E-state index contributed by atoms with van der Waals surface area (Å²) in [4.78, 5) is 11.1. The minimum Gasteiger partial charge on any atom is -0.355 e. The van der Waals surface area contributed by atoms with E-state index < -0.39 is 11.7 Å². The van der Waals surface area contributed by atoms with Crippen LogP contribution in [0.3, 0.4) is 0 Å². The highest BCUT2D eigenvalue weighted by Gasteiger charge is 2.48. The van der Waals surface area contributed by atoms with Crippen molar-refractivity contribution in [3.8, 4) is 0 Å². The fourth-order valence-electron chi connectivity index (χ4n) is 4.89. The van der Waals surface area contributed by atoms with Crippen molar-refractivity contribution in [1.82, 2.24) is 0 Å². The minimum atomic E-state index is -3.23. The first kappa shape index (κ1) is 16.3. The number of alkyl halides is 2. The standard InChI is InChI=1S/C17H26F2O3/c1-17(18,19)15(20)3-2-4-21-10-22-16-13-6-11-5-12(8-13)9-14(16)7-11/h11-14,16H,2-10H2,1H3. The average Bonchev–Trinajstić information content (AvgIpc) is 2.42. The van der Waals surface area contributed by atoms with Crippen LogP contribution in [0.25, 0.3) is 0 Å². The highest BCUT2D eigenvalue weighted by Crippen LogP contribution is 2.54. The molecular formula is C17H26F2O3. The van der Waals surface area contributed by atoms with E-state index in [1.807, 2.05) is 0 Å². The van der Waals surface area contributed by atoms with E-state index in [9.17, 15) is 13.6 Å². The number of halogens is 2. The van der Waals surface area contributed by atoms with Crippen LogP contribution in [0.4, 0.5) is 8.78 Å². The highest BCUT2D eigenvalue weighted by atomic mass is 19.3. The molecule has 0 aromatic rings. The van der Waals surface area contributed by atoms with E-state index in [2.05, 4.69) is 0 Å². The molecule has 0 aromatic carbocycles. The van der Waals surface area contributed by atoms with E-state index in [1.54, 1.807) is 0 Å². The van der Waals surface area contributed by atoms with Gasteiger partial charge in [-0.05, 0) is 62.2 Å². The molecule has 4 rings (SSSR count). The molecular weight excluding hydrogens is 290 g/mol. The van der Waals surface area contributed by atoms with Gasteiger partial charge in [0.15, 0.2) is 0 Å². The molecule has 0 atom stereocenters. The van der Waals surface area contributed by atoms with Crippen LogP contribution in [-0.2, 0) is 14.3 Å². The van der Waals surface area contributed by atoms with Crippen LogP contribution in [0.5, 0.6) is 0 Å². The van der Waals surface area contributed by atoms with Gasteiger partial charge in [0.1, 0.15) is 6.79 Å². The zero-order valence-corrected chi connectivity index (χ0v) is 13.2. The van der Waals surface area contributed by atoms with E-state index in [0.29, 0.717) is 37.9 Å². The topological polar surface area (TPSA) is 35.5 Å². The number of ether oxygens (including phenoxy) is 2. The predicted octanol–water partition coefficient (Wildman–Crippen LogP) is 3.81. The van der Waals surface area contributed by atoms with Crippen molar-refractivity contribution < 1.29 is 23.0 Å². The van der Waals surface area contributed by atoms with Crippen LogP contribution < -0.4 is 0 Å². The Morgan fingerprint density at radius 1 is 1.09 bits per heavy atom. The fraction of sp³-hybridized carbons (Fsp3) is 0.941. The molecule has 0 heterocycles. The fourth-order valence-corrected chi connectivity index (χ4v) is 4.89. The first-order valence-corrected chi connectivity index (χ1v) is 8.54. The number of hydrogen-bond donors (Lipinski definition) is 0. The molecule has 0 aromatic heterocycles. The van der Waals surface area contributed by atoms with Crippen LogP contribution in [0, 0.1) is 23.7 Å². The number of carbonyl (C=O) groups excluding carboxylic acids is 1. The van der Waals surface area contributed by atoms with Crippen LogP contribution in [-0.4, -0.2) is 31.2 Å². The molecule has 0 amide bonds. The Morgan fingerprint density at radius 2 is 1.68 bits per heavy atom. The molecule has 4 fully saturated rings. The van der Waals surface area contributed by atoms with Crippen LogP contribution >= 0.6 is 0 Å². The summed E-state index contributed by atoms with van der Waals surface area (Å²) in [6.07, 6.45) is 7.15. The monoisotopic (exact) mass is 316 g/mol. The third-order valence-corrected chi connectivity index (χ3v) is 5.67. The summed E-state index contributed by atoms with van der Waals surface area (Å²) >= 11 is 0. The van der Waals surface area contributed by atoms with Gasteiger partial charge in [-0.2, -0.15) is 8.78 Å². The van der Waals surface area contributed by atoms with Gasteiger partial charge in [0, 0.05) is 20.0 Å². The van der Waals surface area contributed by atoms with E-state index >= 15 is 0 Å². The molecule has 0 saturated heterocycles. The summed E-state index contributed by atoms with van der Waals surface area (Å²) < 4.78 is 36.7. The van der Waals surface area contributed by atoms with Gasteiger partial charge >= 0.3 is 5.92 Å². The molecule has 0 spiro atoms. The van der Waals surface area contributed by atoms with Crippen molar-refractivity contribution in [1.29, 1.82) is 0 Å². The zero-order chi connectivity index (χ0) is 15.7. The lowest BCUT2D eigenvalue weighted by Gasteiger charge is -2.53. The smallest absolute Gasteiger partial charge is 0.302 e. The molecule has 4 aliphatic rings. The third kappa shape index (κ3) is 3.67. The molecule has 4 saturated carbocycles. The van der Waals surface area contributed by atoms with Crippen molar-refractivity contribution in [2.24, 2.45) is 23.7 Å². The Labute approximate surface area is 130 Å². The third-order valence-electron chi connectivity index (χ3n) is 5.67. The summed E-state index contributed by atoms with van der Waals surface area (Å²) in [7, 11) is 0. The lowest BCUT2D eigenvalue weighted by molar-refractivity contribution is -0.175. The summed E-state index contributed by atoms with van der Waals surface area (Å²) in [5.41, 5.74) is 0. The normalized spacial score (nSPS) is 36.8. The first-order chi connectivity index (χ1) is 10.4. The Hall–Kier alpha value is -0.550. The number of hydrogen-bond acceptors (Lipinski definition) is 3. The van der Waals surface area contributed by atoms with Gasteiger partial charge in [0.2, 0.25) is 5.78 Å². The zero-order valence-electron chi connectivity index (χ0n) is 13.2. The highest BCUT2D eigenvalue weighted by molar-refractivity contribution is 5.85. The maximum Gasteiger partial charge on any atom is 0.302 e. The molecule has 126 valence electrons. The Bertz CT molecular complexity index is 377. The summed E-state index contributed by atoms with van der Waals surface area (Å²) in [6.45, 7) is 1.17. The van der Waals surface area contributed by atoms with E-state index in [4.69, 9.17) is 9.47 Å². The van der Waals surface area contributed by atoms with E-state index in [-0.39, 0.29) is 13.2 Å². The van der Waals surface area contributed by atoms with Crippen molar-refractivity contribution in [2.45, 2.75) is 63.9 Å². The van der Waals surface area contributed by atoms with Gasteiger partial charge in [-0.1, -0.05) is 0 Å².